The lowest BCUT2D eigenvalue weighted by molar-refractivity contribution is 0.103. The molecule has 3 aromatic rings. The largest absolute Gasteiger partial charge is 0.491 e. The van der Waals surface area contributed by atoms with Crippen molar-refractivity contribution in [3.8, 4) is 5.75 Å². The minimum Gasteiger partial charge on any atom is -0.491 e. The molecular formula is C23H23NO4S. The molecule has 3 rings (SSSR count). The molecule has 0 unspecified atom stereocenters. The van der Waals surface area contributed by atoms with Gasteiger partial charge in [0.05, 0.1) is 16.7 Å². The zero-order chi connectivity index (χ0) is 21.0. The molecule has 0 aromatic heterocycles. The zero-order valence-corrected chi connectivity index (χ0v) is 17.4. The highest BCUT2D eigenvalue weighted by Crippen LogP contribution is 2.25. The number of ketones is 1. The van der Waals surface area contributed by atoms with Crippen molar-refractivity contribution < 1.29 is 17.9 Å². The second-order valence-electron chi connectivity index (χ2n) is 6.99. The summed E-state index contributed by atoms with van der Waals surface area (Å²) in [5.41, 5.74) is 1.91. The van der Waals surface area contributed by atoms with E-state index in [1.165, 1.54) is 12.1 Å². The van der Waals surface area contributed by atoms with Gasteiger partial charge in [-0.1, -0.05) is 42.0 Å². The van der Waals surface area contributed by atoms with E-state index in [0.717, 1.165) is 5.56 Å². The molecule has 0 spiro atoms. The van der Waals surface area contributed by atoms with E-state index >= 15 is 0 Å². The van der Waals surface area contributed by atoms with Crippen LogP contribution in [0.15, 0.2) is 77.7 Å². The molecule has 0 fully saturated rings. The van der Waals surface area contributed by atoms with Crippen LogP contribution >= 0.6 is 0 Å². The Balaban J connectivity index is 1.92. The molecular weight excluding hydrogens is 386 g/mol. The maximum Gasteiger partial charge on any atom is 0.261 e. The van der Waals surface area contributed by atoms with E-state index in [1.54, 1.807) is 54.6 Å². The fraction of sp³-hybridized carbons (Fsp3) is 0.174. The molecule has 0 aliphatic rings. The summed E-state index contributed by atoms with van der Waals surface area (Å²) in [6.07, 6.45) is -0.00491. The van der Waals surface area contributed by atoms with Gasteiger partial charge < -0.3 is 4.74 Å². The third-order valence-electron chi connectivity index (χ3n) is 4.21. The molecule has 150 valence electrons. The minimum atomic E-state index is -3.87. The SMILES string of the molecule is Cc1ccc(NS(=O)(=O)c2ccc(OC(C)C)cc2)c(C(=O)c2ccccc2)c1. The number of benzene rings is 3. The van der Waals surface area contributed by atoms with E-state index in [1.807, 2.05) is 26.8 Å². The number of sulfonamides is 1. The van der Waals surface area contributed by atoms with Crippen molar-refractivity contribution in [3.05, 3.63) is 89.5 Å². The van der Waals surface area contributed by atoms with Gasteiger partial charge in [-0.25, -0.2) is 8.42 Å². The molecule has 0 amide bonds. The first-order valence-corrected chi connectivity index (χ1v) is 10.7. The first-order valence-electron chi connectivity index (χ1n) is 9.26. The number of carbonyl (C=O) groups excluding carboxylic acids is 1. The van der Waals surface area contributed by atoms with Crippen molar-refractivity contribution in [2.24, 2.45) is 0 Å². The Morgan fingerprint density at radius 3 is 2.21 bits per heavy atom. The number of hydrogen-bond acceptors (Lipinski definition) is 4. The summed E-state index contributed by atoms with van der Waals surface area (Å²) in [5, 5.41) is 0. The second kappa shape index (κ2) is 8.49. The Morgan fingerprint density at radius 2 is 1.59 bits per heavy atom. The van der Waals surface area contributed by atoms with Gasteiger partial charge in [-0.15, -0.1) is 0 Å². The van der Waals surface area contributed by atoms with Crippen LogP contribution in [0.1, 0.15) is 35.3 Å². The fourth-order valence-electron chi connectivity index (χ4n) is 2.85. The van der Waals surface area contributed by atoms with Crippen molar-refractivity contribution in [1.29, 1.82) is 0 Å². The molecule has 0 aliphatic heterocycles. The number of aryl methyl sites for hydroxylation is 1. The van der Waals surface area contributed by atoms with Crippen LogP contribution in [0.25, 0.3) is 0 Å². The monoisotopic (exact) mass is 409 g/mol. The highest BCUT2D eigenvalue weighted by Gasteiger charge is 2.20. The van der Waals surface area contributed by atoms with E-state index in [-0.39, 0.29) is 22.5 Å². The van der Waals surface area contributed by atoms with Gasteiger partial charge in [0.2, 0.25) is 0 Å². The Bertz CT molecular complexity index is 1110. The molecule has 1 N–H and O–H groups in total. The summed E-state index contributed by atoms with van der Waals surface area (Å²) < 4.78 is 33.8. The maximum atomic E-state index is 12.9. The molecule has 0 radical (unpaired) electrons. The summed E-state index contributed by atoms with van der Waals surface area (Å²) in [6.45, 7) is 5.65. The van der Waals surface area contributed by atoms with Crippen LogP contribution in [0, 0.1) is 6.92 Å². The number of hydrogen-bond donors (Lipinski definition) is 1. The first-order chi connectivity index (χ1) is 13.8. The Labute approximate surface area is 171 Å². The number of nitrogens with one attached hydrogen (secondary N) is 1. The summed E-state index contributed by atoms with van der Waals surface area (Å²) in [6, 6.07) is 20.0. The normalized spacial score (nSPS) is 11.3. The van der Waals surface area contributed by atoms with Crippen LogP contribution in [0.4, 0.5) is 5.69 Å². The van der Waals surface area contributed by atoms with E-state index in [4.69, 9.17) is 4.74 Å². The highest BCUT2D eigenvalue weighted by atomic mass is 32.2. The van der Waals surface area contributed by atoms with Gasteiger partial charge in [0.15, 0.2) is 5.78 Å². The summed E-state index contributed by atoms with van der Waals surface area (Å²) in [4.78, 5) is 13.0. The van der Waals surface area contributed by atoms with Crippen molar-refractivity contribution in [2.75, 3.05) is 4.72 Å². The van der Waals surface area contributed by atoms with E-state index in [0.29, 0.717) is 16.9 Å². The van der Waals surface area contributed by atoms with E-state index in [2.05, 4.69) is 4.72 Å². The van der Waals surface area contributed by atoms with Crippen molar-refractivity contribution >= 4 is 21.5 Å². The molecule has 0 bridgehead atoms. The van der Waals surface area contributed by atoms with Crippen LogP contribution in [0.5, 0.6) is 5.75 Å². The Morgan fingerprint density at radius 1 is 0.931 bits per heavy atom. The Kier molecular flexibility index (Phi) is 6.03. The predicted molar refractivity (Wildman–Crippen MR) is 114 cm³/mol. The first kappa shape index (κ1) is 20.6. The standard InChI is InChI=1S/C23H23NO4S/c1-16(2)28-19-10-12-20(13-11-19)29(26,27)24-22-14-9-17(3)15-21(22)23(25)18-7-5-4-6-8-18/h4-16,24H,1-3H3. The maximum absolute atomic E-state index is 12.9. The average molecular weight is 410 g/mol. The van der Waals surface area contributed by atoms with Gasteiger partial charge in [-0.05, 0) is 57.2 Å². The summed E-state index contributed by atoms with van der Waals surface area (Å²) in [7, 11) is -3.87. The van der Waals surface area contributed by atoms with Crippen LogP contribution in [0.3, 0.4) is 0 Å². The molecule has 3 aromatic carbocycles. The van der Waals surface area contributed by atoms with Gasteiger partial charge in [0.25, 0.3) is 10.0 Å². The van der Waals surface area contributed by atoms with E-state index in [9.17, 15) is 13.2 Å². The number of anilines is 1. The smallest absolute Gasteiger partial charge is 0.261 e. The minimum absolute atomic E-state index is 0.00491. The van der Waals surface area contributed by atoms with Crippen LogP contribution in [-0.2, 0) is 10.0 Å². The van der Waals surface area contributed by atoms with Crippen LogP contribution in [-0.4, -0.2) is 20.3 Å². The van der Waals surface area contributed by atoms with Gasteiger partial charge in [0, 0.05) is 11.1 Å². The average Bonchev–Trinajstić information content (AvgIpc) is 2.69. The topological polar surface area (TPSA) is 72.5 Å². The Hall–Kier alpha value is -3.12. The predicted octanol–water partition coefficient (Wildman–Crippen LogP) is 4.81. The summed E-state index contributed by atoms with van der Waals surface area (Å²) >= 11 is 0. The van der Waals surface area contributed by atoms with Crippen LogP contribution in [0.2, 0.25) is 0 Å². The fourth-order valence-corrected chi connectivity index (χ4v) is 3.93. The second-order valence-corrected chi connectivity index (χ2v) is 8.67. The molecule has 5 nitrogen and oxygen atoms in total. The van der Waals surface area contributed by atoms with Gasteiger partial charge in [-0.2, -0.15) is 0 Å². The molecule has 6 heteroatoms. The number of ether oxygens (including phenoxy) is 1. The van der Waals surface area contributed by atoms with Crippen molar-refractivity contribution in [3.63, 3.8) is 0 Å². The lowest BCUT2D eigenvalue weighted by Gasteiger charge is -2.14. The van der Waals surface area contributed by atoms with Crippen LogP contribution < -0.4 is 9.46 Å². The molecule has 0 heterocycles. The third kappa shape index (κ3) is 5.03. The quantitative estimate of drug-likeness (QED) is 0.568. The molecule has 29 heavy (non-hydrogen) atoms. The van der Waals surface area contributed by atoms with Crippen molar-refractivity contribution in [1.82, 2.24) is 0 Å². The van der Waals surface area contributed by atoms with Crippen molar-refractivity contribution in [2.45, 2.75) is 31.8 Å². The van der Waals surface area contributed by atoms with E-state index < -0.39 is 10.0 Å². The number of carbonyl (C=O) groups is 1. The molecule has 0 saturated heterocycles. The zero-order valence-electron chi connectivity index (χ0n) is 16.5. The third-order valence-corrected chi connectivity index (χ3v) is 5.59. The van der Waals surface area contributed by atoms with Gasteiger partial charge in [0.1, 0.15) is 5.75 Å². The highest BCUT2D eigenvalue weighted by molar-refractivity contribution is 7.92. The molecule has 0 atom stereocenters. The molecule has 0 aliphatic carbocycles. The number of rotatable bonds is 7. The lowest BCUT2D eigenvalue weighted by Crippen LogP contribution is -2.16. The lowest BCUT2D eigenvalue weighted by atomic mass is 10.00. The van der Waals surface area contributed by atoms with Gasteiger partial charge >= 0.3 is 0 Å². The molecule has 0 saturated carbocycles. The summed E-state index contributed by atoms with van der Waals surface area (Å²) in [5.74, 6) is 0.349. The van der Waals surface area contributed by atoms with Gasteiger partial charge in [-0.3, -0.25) is 9.52 Å².